The summed E-state index contributed by atoms with van der Waals surface area (Å²) in [4.78, 5) is 12.1. The van der Waals surface area contributed by atoms with Crippen LogP contribution in [0.1, 0.15) is 44.6 Å². The fourth-order valence-electron chi connectivity index (χ4n) is 2.63. The van der Waals surface area contributed by atoms with E-state index >= 15 is 0 Å². The van der Waals surface area contributed by atoms with E-state index in [2.05, 4.69) is 0 Å². The summed E-state index contributed by atoms with van der Waals surface area (Å²) in [6.07, 6.45) is -0.560. The first-order chi connectivity index (χ1) is 11.8. The zero-order chi connectivity index (χ0) is 18.6. The second-order valence-electron chi connectivity index (χ2n) is 5.69. The summed E-state index contributed by atoms with van der Waals surface area (Å²) in [6.45, 7) is 1.61. The van der Waals surface area contributed by atoms with Gasteiger partial charge in [0, 0.05) is 12.1 Å². The van der Waals surface area contributed by atoms with Crippen molar-refractivity contribution in [3.8, 4) is 5.75 Å². The van der Waals surface area contributed by atoms with Gasteiger partial charge in [-0.15, -0.1) is 0 Å². The molecular formula is C17H17F5O3. The van der Waals surface area contributed by atoms with Crippen LogP contribution < -0.4 is 4.74 Å². The summed E-state index contributed by atoms with van der Waals surface area (Å²) in [5.41, 5.74) is -1.48. The number of rotatable bonds is 6. The minimum atomic E-state index is -2.84. The molecule has 0 aliphatic heterocycles. The van der Waals surface area contributed by atoms with Crippen LogP contribution in [0.15, 0.2) is 18.2 Å². The number of hydrogen-bond donors (Lipinski definition) is 0. The standard InChI is InChI=1S/C17H17F5O3/c1-2-13(17(23)25-9-5-3-4-6-9)24-10-7-11(18)14(12(19)8-10)15(20)16(21)22/h7-9,13H,2-6H2,1H3. The topological polar surface area (TPSA) is 35.5 Å². The molecule has 1 aromatic rings. The quantitative estimate of drug-likeness (QED) is 0.518. The van der Waals surface area contributed by atoms with Gasteiger partial charge in [-0.05, 0) is 32.1 Å². The highest BCUT2D eigenvalue weighted by Gasteiger charge is 2.27. The lowest BCUT2D eigenvalue weighted by Gasteiger charge is -2.19. The highest BCUT2D eigenvalue weighted by molar-refractivity contribution is 5.75. The SMILES string of the molecule is CCC(Oc1cc(F)c(C(F)=C(F)F)c(F)c1)C(=O)OC1CCCC1. The molecule has 1 aromatic carbocycles. The number of carbonyl (C=O) groups excluding carboxylic acids is 1. The first kappa shape index (κ1) is 19.2. The Kier molecular flexibility index (Phi) is 6.39. The molecule has 0 bridgehead atoms. The van der Waals surface area contributed by atoms with Crippen molar-refractivity contribution in [2.24, 2.45) is 0 Å². The number of ether oxygens (including phenoxy) is 2. The first-order valence-corrected chi connectivity index (χ1v) is 7.90. The van der Waals surface area contributed by atoms with Gasteiger partial charge in [0.1, 0.15) is 23.5 Å². The number of hydrogen-bond acceptors (Lipinski definition) is 3. The Morgan fingerprint density at radius 1 is 1.16 bits per heavy atom. The second kappa shape index (κ2) is 8.31. The summed E-state index contributed by atoms with van der Waals surface area (Å²) in [5, 5.41) is 0. The Hall–Kier alpha value is -2.12. The van der Waals surface area contributed by atoms with Crippen LogP contribution in [-0.4, -0.2) is 18.2 Å². The lowest BCUT2D eigenvalue weighted by molar-refractivity contribution is -0.157. The van der Waals surface area contributed by atoms with Gasteiger partial charge in [-0.1, -0.05) is 6.92 Å². The van der Waals surface area contributed by atoms with Gasteiger partial charge in [0.25, 0.3) is 0 Å². The molecule has 1 aliphatic rings. The Bertz CT molecular complexity index is 641. The van der Waals surface area contributed by atoms with Crippen LogP contribution in [-0.2, 0) is 9.53 Å². The second-order valence-corrected chi connectivity index (χ2v) is 5.69. The van der Waals surface area contributed by atoms with Gasteiger partial charge in [0.05, 0.1) is 5.56 Å². The normalized spacial score (nSPS) is 15.8. The van der Waals surface area contributed by atoms with E-state index < -0.39 is 46.9 Å². The third kappa shape index (κ3) is 4.70. The van der Waals surface area contributed by atoms with Crippen molar-refractivity contribution in [2.75, 3.05) is 0 Å². The van der Waals surface area contributed by atoms with Crippen LogP contribution in [0.25, 0.3) is 5.83 Å². The first-order valence-electron chi connectivity index (χ1n) is 7.90. The summed E-state index contributed by atoms with van der Waals surface area (Å²) in [6, 6.07) is 1.10. The third-order valence-corrected chi connectivity index (χ3v) is 3.90. The molecule has 1 saturated carbocycles. The highest BCUT2D eigenvalue weighted by atomic mass is 19.3. The van der Waals surface area contributed by atoms with Gasteiger partial charge in [-0.3, -0.25) is 0 Å². The predicted molar refractivity (Wildman–Crippen MR) is 79.7 cm³/mol. The maximum absolute atomic E-state index is 13.8. The van der Waals surface area contributed by atoms with Crippen LogP contribution >= 0.6 is 0 Å². The maximum Gasteiger partial charge on any atom is 0.347 e. The number of halogens is 5. The van der Waals surface area contributed by atoms with E-state index in [0.717, 1.165) is 25.7 Å². The van der Waals surface area contributed by atoms with E-state index in [4.69, 9.17) is 9.47 Å². The van der Waals surface area contributed by atoms with Crippen molar-refractivity contribution >= 4 is 11.8 Å². The zero-order valence-electron chi connectivity index (χ0n) is 13.5. The molecule has 0 saturated heterocycles. The number of esters is 1. The molecule has 1 atom stereocenters. The van der Waals surface area contributed by atoms with Gasteiger partial charge in [0.15, 0.2) is 6.10 Å². The average molecular weight is 364 g/mol. The van der Waals surface area contributed by atoms with Crippen molar-refractivity contribution in [1.29, 1.82) is 0 Å². The van der Waals surface area contributed by atoms with Crippen molar-refractivity contribution in [1.82, 2.24) is 0 Å². The van der Waals surface area contributed by atoms with Crippen molar-refractivity contribution in [3.05, 3.63) is 35.4 Å². The summed E-state index contributed by atoms with van der Waals surface area (Å²) < 4.78 is 75.6. The summed E-state index contributed by atoms with van der Waals surface area (Å²) >= 11 is 0. The zero-order valence-corrected chi connectivity index (χ0v) is 13.5. The van der Waals surface area contributed by atoms with Crippen LogP contribution in [0, 0.1) is 11.6 Å². The Morgan fingerprint density at radius 3 is 2.20 bits per heavy atom. The van der Waals surface area contributed by atoms with Gasteiger partial charge in [0.2, 0.25) is 5.83 Å². The molecule has 25 heavy (non-hydrogen) atoms. The van der Waals surface area contributed by atoms with Crippen LogP contribution in [0.4, 0.5) is 22.0 Å². The number of carbonyl (C=O) groups is 1. The fraction of sp³-hybridized carbons (Fsp3) is 0.471. The van der Waals surface area contributed by atoms with E-state index in [-0.39, 0.29) is 12.5 Å². The molecule has 0 spiro atoms. The minimum Gasteiger partial charge on any atom is -0.479 e. The van der Waals surface area contributed by atoms with E-state index in [1.165, 1.54) is 0 Å². The van der Waals surface area contributed by atoms with E-state index in [9.17, 15) is 26.7 Å². The van der Waals surface area contributed by atoms with Gasteiger partial charge >= 0.3 is 12.0 Å². The lowest BCUT2D eigenvalue weighted by Crippen LogP contribution is -2.31. The van der Waals surface area contributed by atoms with Crippen molar-refractivity contribution in [3.63, 3.8) is 0 Å². The van der Waals surface area contributed by atoms with Crippen LogP contribution in [0.3, 0.4) is 0 Å². The fourth-order valence-corrected chi connectivity index (χ4v) is 2.63. The third-order valence-electron chi connectivity index (χ3n) is 3.90. The van der Waals surface area contributed by atoms with Crippen molar-refractivity contribution in [2.45, 2.75) is 51.2 Å². The Balaban J connectivity index is 2.15. The Morgan fingerprint density at radius 2 is 1.72 bits per heavy atom. The molecule has 1 fully saturated rings. The minimum absolute atomic E-state index is 0.171. The predicted octanol–water partition coefficient (Wildman–Crippen LogP) is 5.14. The van der Waals surface area contributed by atoms with Crippen LogP contribution in [0.5, 0.6) is 5.75 Å². The molecule has 2 rings (SSSR count). The molecule has 0 amide bonds. The molecule has 1 aliphatic carbocycles. The molecule has 3 nitrogen and oxygen atoms in total. The average Bonchev–Trinajstić information content (AvgIpc) is 3.04. The Labute approximate surface area is 141 Å². The molecule has 8 heteroatoms. The lowest BCUT2D eigenvalue weighted by atomic mass is 10.1. The van der Waals surface area contributed by atoms with E-state index in [1.807, 2.05) is 0 Å². The summed E-state index contributed by atoms with van der Waals surface area (Å²) in [5.74, 6) is -6.48. The molecular weight excluding hydrogens is 347 g/mol. The van der Waals surface area contributed by atoms with Gasteiger partial charge < -0.3 is 9.47 Å². The van der Waals surface area contributed by atoms with Crippen LogP contribution in [0.2, 0.25) is 0 Å². The molecule has 0 radical (unpaired) electrons. The molecule has 138 valence electrons. The maximum atomic E-state index is 13.8. The largest absolute Gasteiger partial charge is 0.479 e. The molecule has 0 heterocycles. The van der Waals surface area contributed by atoms with Crippen molar-refractivity contribution < 1.29 is 36.2 Å². The van der Waals surface area contributed by atoms with Gasteiger partial charge in [-0.2, -0.15) is 8.78 Å². The number of benzene rings is 1. The van der Waals surface area contributed by atoms with Gasteiger partial charge in [-0.25, -0.2) is 18.0 Å². The molecule has 0 N–H and O–H groups in total. The molecule has 1 unspecified atom stereocenters. The van der Waals surface area contributed by atoms with E-state index in [1.54, 1.807) is 6.92 Å². The summed E-state index contributed by atoms with van der Waals surface area (Å²) in [7, 11) is 0. The highest BCUT2D eigenvalue weighted by Crippen LogP contribution is 2.31. The monoisotopic (exact) mass is 364 g/mol. The molecule has 0 aromatic heterocycles. The van der Waals surface area contributed by atoms with E-state index in [0.29, 0.717) is 12.1 Å². The smallest absolute Gasteiger partial charge is 0.347 e.